The van der Waals surface area contributed by atoms with Crippen LogP contribution in [0.15, 0.2) is 30.3 Å². The van der Waals surface area contributed by atoms with Crippen molar-refractivity contribution in [1.29, 1.82) is 0 Å². The molecule has 0 atom stereocenters. The van der Waals surface area contributed by atoms with Crippen molar-refractivity contribution in [3.8, 4) is 23.0 Å². The topological polar surface area (TPSA) is 39.9 Å². The molecule has 0 N–H and O–H groups in total. The van der Waals surface area contributed by atoms with Gasteiger partial charge < -0.3 is 18.9 Å². The molecule has 5 heteroatoms. The van der Waals surface area contributed by atoms with Gasteiger partial charge in [0.1, 0.15) is 6.21 Å². The van der Waals surface area contributed by atoms with Gasteiger partial charge in [0, 0.05) is 17.5 Å². The molecule has 5 nitrogen and oxygen atoms in total. The van der Waals surface area contributed by atoms with Crippen LogP contribution in [-0.2, 0) is 13.0 Å². The van der Waals surface area contributed by atoms with Gasteiger partial charge in [0.2, 0.25) is 5.69 Å². The summed E-state index contributed by atoms with van der Waals surface area (Å²) in [6, 6.07) is 10.1. The largest absolute Gasteiger partial charge is 0.493 e. The average molecular weight is 342 g/mol. The van der Waals surface area contributed by atoms with Crippen molar-refractivity contribution in [1.82, 2.24) is 0 Å². The van der Waals surface area contributed by atoms with E-state index in [9.17, 15) is 0 Å². The molecule has 1 aliphatic heterocycles. The van der Waals surface area contributed by atoms with E-state index in [-0.39, 0.29) is 0 Å². The molecule has 0 saturated carbocycles. The molecule has 0 spiro atoms. The van der Waals surface area contributed by atoms with Gasteiger partial charge in [-0.3, -0.25) is 0 Å². The number of ether oxygens (including phenoxy) is 4. The molecule has 2 aromatic rings. The van der Waals surface area contributed by atoms with Gasteiger partial charge in [-0.15, -0.1) is 0 Å². The molecule has 0 aromatic heterocycles. The zero-order valence-electron chi connectivity index (χ0n) is 15.2. The zero-order chi connectivity index (χ0) is 17.8. The van der Waals surface area contributed by atoms with Crippen molar-refractivity contribution in [2.24, 2.45) is 0 Å². The first kappa shape index (κ1) is 17.1. The van der Waals surface area contributed by atoms with Crippen molar-refractivity contribution < 1.29 is 23.5 Å². The van der Waals surface area contributed by atoms with E-state index < -0.39 is 0 Å². The molecule has 0 aliphatic carbocycles. The fraction of sp³-hybridized carbons (Fsp3) is 0.350. The lowest BCUT2D eigenvalue weighted by Gasteiger charge is -2.16. The van der Waals surface area contributed by atoms with E-state index in [1.807, 2.05) is 18.2 Å². The minimum atomic E-state index is 0.737. The summed E-state index contributed by atoms with van der Waals surface area (Å²) in [4.78, 5) is 0. The Labute approximate surface area is 148 Å². The van der Waals surface area contributed by atoms with E-state index in [1.54, 1.807) is 28.4 Å². The van der Waals surface area contributed by atoms with Crippen LogP contribution < -0.4 is 18.9 Å². The summed E-state index contributed by atoms with van der Waals surface area (Å²) >= 11 is 0. The normalized spacial score (nSPS) is 12.9. The molecule has 0 fully saturated rings. The van der Waals surface area contributed by atoms with Crippen LogP contribution in [0.4, 0.5) is 5.69 Å². The molecule has 0 radical (unpaired) electrons. The number of nitrogens with zero attached hydrogens (tertiary/aromatic N) is 1. The summed E-state index contributed by atoms with van der Waals surface area (Å²) in [6.45, 7) is 0.753. The second-order valence-corrected chi connectivity index (χ2v) is 5.87. The Morgan fingerprint density at radius 1 is 0.800 bits per heavy atom. The molecular weight excluding hydrogens is 318 g/mol. The van der Waals surface area contributed by atoms with Crippen LogP contribution in [0.5, 0.6) is 23.0 Å². The fourth-order valence-corrected chi connectivity index (χ4v) is 3.18. The van der Waals surface area contributed by atoms with Crippen LogP contribution in [0.3, 0.4) is 0 Å². The molecule has 2 aromatic carbocycles. The number of hydrogen-bond donors (Lipinski definition) is 0. The Kier molecular flexibility index (Phi) is 5.12. The molecule has 132 valence electrons. The Balaban J connectivity index is 1.94. The summed E-state index contributed by atoms with van der Waals surface area (Å²) in [7, 11) is 6.63. The standard InChI is InChI=1S/C20H24NO4/c1-22-17-8-7-14(10-18(17)23-2)13-21-9-5-6-15-11-19(24-3)20(25-4)12-16(15)21/h7-12H,5-6,13H2,1-4H3/q+1. The van der Waals surface area contributed by atoms with E-state index in [0.717, 1.165) is 53.6 Å². The first-order chi connectivity index (χ1) is 12.2. The van der Waals surface area contributed by atoms with Gasteiger partial charge >= 0.3 is 0 Å². The van der Waals surface area contributed by atoms with Crippen molar-refractivity contribution >= 4 is 11.9 Å². The highest BCUT2D eigenvalue weighted by molar-refractivity contribution is 5.63. The minimum absolute atomic E-state index is 0.737. The molecule has 1 heterocycles. The van der Waals surface area contributed by atoms with Crippen LogP contribution in [-0.4, -0.2) is 39.2 Å². The molecule has 0 bridgehead atoms. The first-order valence-corrected chi connectivity index (χ1v) is 8.26. The molecule has 0 unspecified atom stereocenters. The second-order valence-electron chi connectivity index (χ2n) is 5.87. The highest BCUT2D eigenvalue weighted by Crippen LogP contribution is 2.37. The molecule has 3 rings (SSSR count). The Morgan fingerprint density at radius 3 is 2.12 bits per heavy atom. The third kappa shape index (κ3) is 3.40. The Hall–Kier alpha value is -2.69. The molecule has 0 amide bonds. The van der Waals surface area contributed by atoms with Crippen molar-refractivity contribution in [2.45, 2.75) is 19.4 Å². The maximum absolute atomic E-state index is 5.47. The van der Waals surface area contributed by atoms with Gasteiger partial charge in [-0.1, -0.05) is 0 Å². The van der Waals surface area contributed by atoms with Crippen LogP contribution >= 0.6 is 0 Å². The van der Waals surface area contributed by atoms with Gasteiger partial charge in [-0.2, -0.15) is 4.58 Å². The maximum atomic E-state index is 5.47. The van der Waals surface area contributed by atoms with Crippen LogP contribution in [0.1, 0.15) is 17.5 Å². The van der Waals surface area contributed by atoms with Gasteiger partial charge in [-0.25, -0.2) is 0 Å². The quantitative estimate of drug-likeness (QED) is 0.752. The Morgan fingerprint density at radius 2 is 1.44 bits per heavy atom. The Bertz CT molecular complexity index is 799. The predicted octanol–water partition coefficient (Wildman–Crippen LogP) is 3.58. The van der Waals surface area contributed by atoms with E-state index in [4.69, 9.17) is 18.9 Å². The lowest BCUT2D eigenvalue weighted by Crippen LogP contribution is -2.14. The number of aryl methyl sites for hydroxylation is 1. The first-order valence-electron chi connectivity index (χ1n) is 8.26. The van der Waals surface area contributed by atoms with E-state index >= 15 is 0 Å². The van der Waals surface area contributed by atoms with Gasteiger partial charge in [0.25, 0.3) is 0 Å². The number of methoxy groups -OCH3 is 4. The summed E-state index contributed by atoms with van der Waals surface area (Å²) in [6.07, 6.45) is 4.22. The maximum Gasteiger partial charge on any atom is 0.212 e. The number of rotatable bonds is 6. The van der Waals surface area contributed by atoms with Gasteiger partial charge in [-0.05, 0) is 30.7 Å². The third-order valence-electron chi connectivity index (χ3n) is 4.46. The summed E-state index contributed by atoms with van der Waals surface area (Å²) in [5.74, 6) is 2.99. The fourth-order valence-electron chi connectivity index (χ4n) is 3.18. The molecule has 25 heavy (non-hydrogen) atoms. The summed E-state index contributed by atoms with van der Waals surface area (Å²) < 4.78 is 23.9. The number of benzene rings is 2. The zero-order valence-corrected chi connectivity index (χ0v) is 15.2. The van der Waals surface area contributed by atoms with Crippen molar-refractivity contribution in [3.05, 3.63) is 41.5 Å². The monoisotopic (exact) mass is 342 g/mol. The minimum Gasteiger partial charge on any atom is -0.493 e. The van der Waals surface area contributed by atoms with Crippen LogP contribution in [0.2, 0.25) is 0 Å². The predicted molar refractivity (Wildman–Crippen MR) is 97.1 cm³/mol. The van der Waals surface area contributed by atoms with Crippen LogP contribution in [0.25, 0.3) is 0 Å². The second kappa shape index (κ2) is 7.47. The SMILES string of the molecule is COc1ccc(C[N+]2=CCCc3cc(OC)c(OC)cc32)cc1OC. The van der Waals surface area contributed by atoms with E-state index in [2.05, 4.69) is 22.9 Å². The lowest BCUT2D eigenvalue weighted by atomic mass is 10.0. The number of hydrogen-bond acceptors (Lipinski definition) is 4. The van der Waals surface area contributed by atoms with Gasteiger partial charge in [0.15, 0.2) is 29.5 Å². The third-order valence-corrected chi connectivity index (χ3v) is 4.46. The smallest absolute Gasteiger partial charge is 0.212 e. The lowest BCUT2D eigenvalue weighted by molar-refractivity contribution is -0.456. The molecular formula is C20H24NO4+. The molecule has 1 aliphatic rings. The average Bonchev–Trinajstić information content (AvgIpc) is 2.66. The molecule has 0 saturated heterocycles. The summed E-state index contributed by atoms with van der Waals surface area (Å²) in [5, 5.41) is 0. The highest BCUT2D eigenvalue weighted by Gasteiger charge is 2.23. The highest BCUT2D eigenvalue weighted by atomic mass is 16.5. The van der Waals surface area contributed by atoms with Crippen molar-refractivity contribution in [3.63, 3.8) is 0 Å². The van der Waals surface area contributed by atoms with Gasteiger partial charge in [0.05, 0.1) is 34.5 Å². The van der Waals surface area contributed by atoms with Crippen LogP contribution in [0, 0.1) is 0 Å². The summed E-state index contributed by atoms with van der Waals surface area (Å²) in [5.41, 5.74) is 3.57. The van der Waals surface area contributed by atoms with E-state index in [0.29, 0.717) is 0 Å². The van der Waals surface area contributed by atoms with Crippen molar-refractivity contribution in [2.75, 3.05) is 28.4 Å². The number of fused-ring (bicyclic) bond motifs is 1. The van der Waals surface area contributed by atoms with E-state index in [1.165, 1.54) is 5.56 Å².